The Morgan fingerprint density at radius 3 is 3.30 bits per heavy atom. The van der Waals surface area contributed by atoms with Crippen molar-refractivity contribution in [3.8, 4) is 0 Å². The number of nitrogens with one attached hydrogen (secondary N) is 2. The van der Waals surface area contributed by atoms with Crippen molar-refractivity contribution >= 4 is 0 Å². The second-order valence-corrected chi connectivity index (χ2v) is 2.61. The summed E-state index contributed by atoms with van der Waals surface area (Å²) >= 11 is 0. The topological polar surface area (TPSA) is 44.3 Å². The van der Waals surface area contributed by atoms with Crippen LogP contribution in [0.3, 0.4) is 0 Å². The van der Waals surface area contributed by atoms with Crippen molar-refractivity contribution < 1.29 is 5.11 Å². The highest BCUT2D eigenvalue weighted by molar-refractivity contribution is 5.22. The molecule has 1 heterocycles. The van der Waals surface area contributed by atoms with Crippen LogP contribution in [0.25, 0.3) is 0 Å². The van der Waals surface area contributed by atoms with Crippen LogP contribution in [0.1, 0.15) is 6.42 Å². The zero-order valence-electron chi connectivity index (χ0n) is 5.54. The van der Waals surface area contributed by atoms with Gasteiger partial charge in [-0.05, 0) is 12.5 Å². The first-order valence-electron chi connectivity index (χ1n) is 3.44. The van der Waals surface area contributed by atoms with E-state index >= 15 is 0 Å². The molecular formula is C7H10N2O. The average molecular weight is 138 g/mol. The van der Waals surface area contributed by atoms with E-state index in [0.29, 0.717) is 0 Å². The van der Waals surface area contributed by atoms with E-state index in [0.717, 1.165) is 12.1 Å². The SMILES string of the molecule is OC1NNC2=CC=CCC21. The van der Waals surface area contributed by atoms with Gasteiger partial charge in [0.1, 0.15) is 6.23 Å². The second kappa shape index (κ2) is 2.11. The molecule has 0 aromatic heterocycles. The van der Waals surface area contributed by atoms with E-state index in [1.54, 1.807) is 0 Å². The minimum atomic E-state index is -0.420. The van der Waals surface area contributed by atoms with Crippen LogP contribution in [-0.2, 0) is 0 Å². The highest BCUT2D eigenvalue weighted by atomic mass is 16.3. The summed E-state index contributed by atoms with van der Waals surface area (Å²) in [4.78, 5) is 0. The van der Waals surface area contributed by atoms with Gasteiger partial charge in [-0.2, -0.15) is 0 Å². The summed E-state index contributed by atoms with van der Waals surface area (Å²) in [6, 6.07) is 0. The summed E-state index contributed by atoms with van der Waals surface area (Å²) in [5.74, 6) is 0.241. The van der Waals surface area contributed by atoms with Crippen LogP contribution in [0, 0.1) is 5.92 Å². The van der Waals surface area contributed by atoms with E-state index in [1.165, 1.54) is 0 Å². The number of hydrogen-bond donors (Lipinski definition) is 3. The van der Waals surface area contributed by atoms with Crippen molar-refractivity contribution in [3.05, 3.63) is 23.9 Å². The Morgan fingerprint density at radius 1 is 1.60 bits per heavy atom. The molecule has 1 aliphatic heterocycles. The van der Waals surface area contributed by atoms with Crippen molar-refractivity contribution in [2.75, 3.05) is 0 Å². The Balaban J connectivity index is 2.23. The third-order valence-electron chi connectivity index (χ3n) is 1.95. The molecule has 1 saturated heterocycles. The van der Waals surface area contributed by atoms with Crippen molar-refractivity contribution in [1.29, 1.82) is 0 Å². The maximum absolute atomic E-state index is 9.28. The van der Waals surface area contributed by atoms with Crippen LogP contribution in [0.5, 0.6) is 0 Å². The van der Waals surface area contributed by atoms with Crippen LogP contribution < -0.4 is 10.9 Å². The van der Waals surface area contributed by atoms with Crippen LogP contribution in [0.4, 0.5) is 0 Å². The maximum Gasteiger partial charge on any atom is 0.129 e. The van der Waals surface area contributed by atoms with Gasteiger partial charge >= 0.3 is 0 Å². The lowest BCUT2D eigenvalue weighted by atomic mass is 9.97. The molecule has 2 atom stereocenters. The van der Waals surface area contributed by atoms with Crippen molar-refractivity contribution in [3.63, 3.8) is 0 Å². The Bertz CT molecular complexity index is 198. The quantitative estimate of drug-likeness (QED) is 0.437. The molecule has 10 heavy (non-hydrogen) atoms. The maximum atomic E-state index is 9.28. The number of aliphatic hydroxyl groups is 1. The number of rotatable bonds is 0. The van der Waals surface area contributed by atoms with Gasteiger partial charge in [-0.3, -0.25) is 0 Å². The molecule has 3 heteroatoms. The van der Waals surface area contributed by atoms with Crippen LogP contribution >= 0.6 is 0 Å². The molecule has 2 aliphatic rings. The van der Waals surface area contributed by atoms with Crippen molar-refractivity contribution in [1.82, 2.24) is 10.9 Å². The summed E-state index contributed by atoms with van der Waals surface area (Å²) in [5.41, 5.74) is 6.77. The summed E-state index contributed by atoms with van der Waals surface area (Å²) < 4.78 is 0. The molecule has 0 saturated carbocycles. The zero-order chi connectivity index (χ0) is 6.97. The largest absolute Gasteiger partial charge is 0.376 e. The van der Waals surface area contributed by atoms with Gasteiger partial charge in [0.05, 0.1) is 0 Å². The van der Waals surface area contributed by atoms with Crippen LogP contribution in [-0.4, -0.2) is 11.3 Å². The Morgan fingerprint density at radius 2 is 2.50 bits per heavy atom. The molecule has 0 spiro atoms. The number of allylic oxidation sites excluding steroid dienone is 3. The molecule has 0 aromatic rings. The van der Waals surface area contributed by atoms with Crippen LogP contribution in [0.2, 0.25) is 0 Å². The van der Waals surface area contributed by atoms with E-state index in [4.69, 9.17) is 0 Å². The van der Waals surface area contributed by atoms with Gasteiger partial charge in [-0.1, -0.05) is 12.2 Å². The standard InChI is InChI=1S/C7H10N2O/c10-7-5-3-1-2-4-6(5)8-9-7/h1-2,4-5,7-10H,3H2. The lowest BCUT2D eigenvalue weighted by Crippen LogP contribution is -2.30. The molecule has 54 valence electrons. The molecule has 0 radical (unpaired) electrons. The predicted octanol–water partition coefficient (Wildman–Crippen LogP) is -0.127. The average Bonchev–Trinajstić information content (AvgIpc) is 2.34. The number of fused-ring (bicyclic) bond motifs is 1. The summed E-state index contributed by atoms with van der Waals surface area (Å²) in [6.45, 7) is 0. The third-order valence-corrected chi connectivity index (χ3v) is 1.95. The first-order valence-corrected chi connectivity index (χ1v) is 3.44. The fraction of sp³-hybridized carbons (Fsp3) is 0.429. The summed E-state index contributed by atoms with van der Waals surface area (Å²) in [7, 11) is 0. The molecule has 3 nitrogen and oxygen atoms in total. The fourth-order valence-electron chi connectivity index (χ4n) is 1.34. The number of aliphatic hydroxyl groups excluding tert-OH is 1. The van der Waals surface area contributed by atoms with Gasteiger partial charge < -0.3 is 10.5 Å². The van der Waals surface area contributed by atoms with Gasteiger partial charge in [0, 0.05) is 11.6 Å². The Hall–Kier alpha value is -0.800. The van der Waals surface area contributed by atoms with E-state index < -0.39 is 6.23 Å². The first kappa shape index (κ1) is 5.95. The number of hydrogen-bond acceptors (Lipinski definition) is 3. The van der Waals surface area contributed by atoms with Gasteiger partial charge in [0.25, 0.3) is 0 Å². The summed E-state index contributed by atoms with van der Waals surface area (Å²) in [5, 5.41) is 9.28. The molecule has 2 unspecified atom stereocenters. The molecule has 3 N–H and O–H groups in total. The second-order valence-electron chi connectivity index (χ2n) is 2.61. The normalized spacial score (nSPS) is 36.7. The van der Waals surface area contributed by atoms with E-state index in [9.17, 15) is 5.11 Å². The van der Waals surface area contributed by atoms with Gasteiger partial charge in [0.15, 0.2) is 0 Å². The Kier molecular flexibility index (Phi) is 1.25. The number of hydrazine groups is 1. The molecule has 0 amide bonds. The molecular weight excluding hydrogens is 128 g/mol. The summed E-state index contributed by atoms with van der Waals surface area (Å²) in [6.07, 6.45) is 6.55. The van der Waals surface area contributed by atoms with E-state index in [2.05, 4.69) is 16.9 Å². The molecule has 2 rings (SSSR count). The molecule has 1 aliphatic carbocycles. The van der Waals surface area contributed by atoms with Crippen molar-refractivity contribution in [2.45, 2.75) is 12.6 Å². The minimum Gasteiger partial charge on any atom is -0.376 e. The monoisotopic (exact) mass is 138 g/mol. The van der Waals surface area contributed by atoms with E-state index in [-0.39, 0.29) is 5.92 Å². The smallest absolute Gasteiger partial charge is 0.129 e. The molecule has 0 aromatic carbocycles. The lowest BCUT2D eigenvalue weighted by molar-refractivity contribution is 0.115. The van der Waals surface area contributed by atoms with Crippen LogP contribution in [0.15, 0.2) is 23.9 Å². The molecule has 1 fully saturated rings. The van der Waals surface area contributed by atoms with Gasteiger partial charge in [0.2, 0.25) is 0 Å². The van der Waals surface area contributed by atoms with Crippen molar-refractivity contribution in [2.24, 2.45) is 5.92 Å². The highest BCUT2D eigenvalue weighted by Crippen LogP contribution is 2.23. The lowest BCUT2D eigenvalue weighted by Gasteiger charge is -2.12. The van der Waals surface area contributed by atoms with Gasteiger partial charge in [-0.15, -0.1) is 0 Å². The molecule has 0 bridgehead atoms. The predicted molar refractivity (Wildman–Crippen MR) is 37.6 cm³/mol. The highest BCUT2D eigenvalue weighted by Gasteiger charge is 2.28. The van der Waals surface area contributed by atoms with E-state index in [1.807, 2.05) is 12.2 Å². The minimum absolute atomic E-state index is 0.241. The third kappa shape index (κ3) is 0.751. The fourth-order valence-corrected chi connectivity index (χ4v) is 1.34. The van der Waals surface area contributed by atoms with Gasteiger partial charge in [-0.25, -0.2) is 5.43 Å². The Labute approximate surface area is 59.4 Å². The first-order chi connectivity index (χ1) is 4.88. The zero-order valence-corrected chi connectivity index (χ0v) is 5.54.